The Labute approximate surface area is 222 Å². The number of Topliss-reactive ketones (excluding diaryl/α,β-unsaturated/α-hetero) is 1. The summed E-state index contributed by atoms with van der Waals surface area (Å²) < 4.78 is 18.3. The van der Waals surface area contributed by atoms with E-state index in [0.29, 0.717) is 22.4 Å². The van der Waals surface area contributed by atoms with Crippen LogP contribution in [0.1, 0.15) is 21.5 Å². The van der Waals surface area contributed by atoms with Crippen LogP contribution < -0.4 is 9.47 Å². The van der Waals surface area contributed by atoms with Crippen molar-refractivity contribution in [1.29, 1.82) is 0 Å². The van der Waals surface area contributed by atoms with Crippen molar-refractivity contribution >= 4 is 73.8 Å². The highest BCUT2D eigenvalue weighted by Crippen LogP contribution is 2.37. The maximum Gasteiger partial charge on any atom is 0.363 e. The Morgan fingerprint density at radius 3 is 2.65 bits per heavy atom. The van der Waals surface area contributed by atoms with Gasteiger partial charge in [-0.15, -0.1) is 0 Å². The van der Waals surface area contributed by atoms with Crippen molar-refractivity contribution in [2.75, 3.05) is 13.7 Å². The van der Waals surface area contributed by atoms with E-state index in [0.717, 1.165) is 8.04 Å². The van der Waals surface area contributed by atoms with Gasteiger partial charge < -0.3 is 14.2 Å². The van der Waals surface area contributed by atoms with Gasteiger partial charge in [-0.2, -0.15) is 0 Å². The molecule has 1 aliphatic heterocycles. The molecule has 0 spiro atoms. The van der Waals surface area contributed by atoms with Crippen molar-refractivity contribution in [3.8, 4) is 11.5 Å². The Balaban J connectivity index is 1.57. The van der Waals surface area contributed by atoms with Gasteiger partial charge in [-0.1, -0.05) is 41.9 Å². The van der Waals surface area contributed by atoms with Gasteiger partial charge in [0.25, 0.3) is 0 Å². The van der Waals surface area contributed by atoms with E-state index in [-0.39, 0.29) is 34.8 Å². The van der Waals surface area contributed by atoms with Crippen LogP contribution in [0.2, 0.25) is 5.02 Å². The summed E-state index contributed by atoms with van der Waals surface area (Å²) in [6.07, 6.45) is 1.55. The normalized spacial score (nSPS) is 14.1. The van der Waals surface area contributed by atoms with Crippen LogP contribution >= 0.6 is 50.1 Å². The summed E-state index contributed by atoms with van der Waals surface area (Å²) in [7, 11) is 1.46. The van der Waals surface area contributed by atoms with Gasteiger partial charge in [-0.05, 0) is 80.5 Å². The van der Waals surface area contributed by atoms with E-state index in [1.54, 1.807) is 42.5 Å². The number of ether oxygens (including phenoxy) is 3. The highest BCUT2D eigenvalue weighted by Gasteiger charge is 2.25. The van der Waals surface area contributed by atoms with Crippen LogP contribution in [0, 0.1) is 3.57 Å². The molecule has 34 heavy (non-hydrogen) atoms. The molecule has 0 amide bonds. The molecule has 6 nitrogen and oxygen atoms in total. The summed E-state index contributed by atoms with van der Waals surface area (Å²) in [5, 5.41) is 0.226. The number of esters is 1. The van der Waals surface area contributed by atoms with Gasteiger partial charge in [0.05, 0.1) is 12.1 Å². The molecular formula is C25H16BrClINO5. The number of hydrogen-bond donors (Lipinski definition) is 0. The van der Waals surface area contributed by atoms with Crippen LogP contribution in [-0.2, 0) is 9.53 Å². The second-order valence-electron chi connectivity index (χ2n) is 7.08. The van der Waals surface area contributed by atoms with Crippen LogP contribution in [0.5, 0.6) is 11.5 Å². The van der Waals surface area contributed by atoms with E-state index in [4.69, 9.17) is 25.8 Å². The summed E-state index contributed by atoms with van der Waals surface area (Å²) in [5.41, 5.74) is 1.89. The van der Waals surface area contributed by atoms with E-state index >= 15 is 0 Å². The van der Waals surface area contributed by atoms with Gasteiger partial charge in [-0.3, -0.25) is 4.79 Å². The van der Waals surface area contributed by atoms with Crippen molar-refractivity contribution in [1.82, 2.24) is 0 Å². The number of methoxy groups -OCH3 is 1. The molecule has 0 aliphatic carbocycles. The number of aliphatic imine (C=N–C) groups is 1. The topological polar surface area (TPSA) is 74.2 Å². The largest absolute Gasteiger partial charge is 0.493 e. The van der Waals surface area contributed by atoms with Gasteiger partial charge in [0, 0.05) is 19.2 Å². The Kier molecular flexibility index (Phi) is 7.70. The number of carbonyl (C=O) groups excluding carboxylic acids is 2. The number of hydrogen-bond acceptors (Lipinski definition) is 6. The van der Waals surface area contributed by atoms with Crippen LogP contribution in [0.25, 0.3) is 6.08 Å². The predicted octanol–water partition coefficient (Wildman–Crippen LogP) is 6.32. The molecule has 0 fully saturated rings. The molecule has 0 aromatic heterocycles. The molecule has 0 N–H and O–H groups in total. The summed E-state index contributed by atoms with van der Waals surface area (Å²) in [4.78, 5) is 29.1. The molecule has 3 aromatic carbocycles. The lowest BCUT2D eigenvalue weighted by Crippen LogP contribution is -2.12. The van der Waals surface area contributed by atoms with E-state index in [1.807, 2.05) is 24.3 Å². The maximum atomic E-state index is 12.4. The molecule has 0 bridgehead atoms. The van der Waals surface area contributed by atoms with Crippen LogP contribution in [-0.4, -0.2) is 31.4 Å². The summed E-state index contributed by atoms with van der Waals surface area (Å²) in [5.74, 6) is -0.00285. The predicted molar refractivity (Wildman–Crippen MR) is 142 cm³/mol. The lowest BCUT2D eigenvalue weighted by Gasteiger charge is -2.13. The number of nitrogens with zero attached hydrogens (tertiary/aromatic N) is 1. The third-order valence-corrected chi connectivity index (χ3v) is 7.40. The molecule has 0 saturated carbocycles. The van der Waals surface area contributed by atoms with Gasteiger partial charge in [0.1, 0.15) is 0 Å². The zero-order valence-electron chi connectivity index (χ0n) is 17.7. The fourth-order valence-electron chi connectivity index (χ4n) is 3.13. The number of carbonyl (C=O) groups is 2. The van der Waals surface area contributed by atoms with Gasteiger partial charge in [0.15, 0.2) is 29.6 Å². The fourth-order valence-corrected chi connectivity index (χ4v) is 4.12. The lowest BCUT2D eigenvalue weighted by molar-refractivity contribution is -0.129. The minimum atomic E-state index is -0.575. The Morgan fingerprint density at radius 1 is 1.18 bits per heavy atom. The van der Waals surface area contributed by atoms with Gasteiger partial charge in [0.2, 0.25) is 5.90 Å². The zero-order valence-corrected chi connectivity index (χ0v) is 22.2. The Morgan fingerprint density at radius 2 is 1.94 bits per heavy atom. The molecule has 0 saturated heterocycles. The Hall–Kier alpha value is -2.69. The second kappa shape index (κ2) is 10.7. The van der Waals surface area contributed by atoms with Crippen molar-refractivity contribution in [2.45, 2.75) is 0 Å². The van der Waals surface area contributed by atoms with Crippen molar-refractivity contribution in [3.63, 3.8) is 0 Å². The van der Waals surface area contributed by atoms with Gasteiger partial charge >= 0.3 is 5.97 Å². The highest BCUT2D eigenvalue weighted by molar-refractivity contribution is 14.1. The van der Waals surface area contributed by atoms with Gasteiger partial charge in [-0.25, -0.2) is 9.79 Å². The molecular weight excluding hydrogens is 637 g/mol. The van der Waals surface area contributed by atoms with E-state index < -0.39 is 5.97 Å². The summed E-state index contributed by atoms with van der Waals surface area (Å²) in [6.45, 7) is -0.202. The van der Waals surface area contributed by atoms with Crippen molar-refractivity contribution in [3.05, 3.63) is 96.1 Å². The molecule has 172 valence electrons. The summed E-state index contributed by atoms with van der Waals surface area (Å²) in [6, 6.07) is 17.6. The third kappa shape index (κ3) is 5.51. The molecule has 1 aliphatic rings. The zero-order chi connectivity index (χ0) is 24.2. The minimum Gasteiger partial charge on any atom is -0.493 e. The quantitative estimate of drug-likeness (QED) is 0.129. The fraction of sp³-hybridized carbons (Fsp3) is 0.0800. The second-order valence-corrected chi connectivity index (χ2v) is 9.50. The number of rotatable bonds is 7. The van der Waals surface area contributed by atoms with Crippen LogP contribution in [0.15, 0.2) is 75.8 Å². The molecule has 4 rings (SSSR count). The van der Waals surface area contributed by atoms with E-state index in [9.17, 15) is 9.59 Å². The van der Waals surface area contributed by atoms with E-state index in [2.05, 4.69) is 43.5 Å². The Bertz CT molecular complexity index is 1340. The first-order valence-electron chi connectivity index (χ1n) is 9.92. The molecule has 0 radical (unpaired) electrons. The number of ketones is 1. The lowest BCUT2D eigenvalue weighted by atomic mass is 10.1. The number of benzene rings is 3. The number of halogens is 3. The molecule has 9 heteroatoms. The highest BCUT2D eigenvalue weighted by atomic mass is 127. The molecule has 0 atom stereocenters. The van der Waals surface area contributed by atoms with Crippen molar-refractivity contribution in [2.24, 2.45) is 4.99 Å². The van der Waals surface area contributed by atoms with E-state index in [1.165, 1.54) is 7.11 Å². The minimum absolute atomic E-state index is 0.121. The molecule has 3 aromatic rings. The summed E-state index contributed by atoms with van der Waals surface area (Å²) >= 11 is 12.1. The van der Waals surface area contributed by atoms with Crippen molar-refractivity contribution < 1.29 is 23.8 Å². The first-order valence-corrected chi connectivity index (χ1v) is 12.2. The third-order valence-electron chi connectivity index (χ3n) is 4.79. The molecule has 0 unspecified atom stereocenters. The van der Waals surface area contributed by atoms with Crippen LogP contribution in [0.3, 0.4) is 0 Å². The maximum absolute atomic E-state index is 12.4. The SMILES string of the molecule is COc1cc(/C=C2\N=C(c3ccc(I)c(Br)c3)OC2=O)cc(Cl)c1OCC(=O)c1ccccc1. The van der Waals surface area contributed by atoms with Crippen LogP contribution in [0.4, 0.5) is 0 Å². The average molecular weight is 653 g/mol. The first-order chi connectivity index (χ1) is 16.4. The standard InChI is InChI=1S/C25H16BrClINO5/c1-32-22-11-14(9-18(27)23(22)33-13-21(30)15-5-3-2-4-6-15)10-20-25(31)34-24(29-20)16-7-8-19(28)17(26)12-16/h2-12H,13H2,1H3/b20-10-. The average Bonchev–Trinajstić information content (AvgIpc) is 3.20. The first kappa shape index (κ1) is 24.4. The monoisotopic (exact) mass is 651 g/mol. The molecule has 1 heterocycles. The number of cyclic esters (lactones) is 1. The smallest absolute Gasteiger partial charge is 0.363 e.